The van der Waals surface area contributed by atoms with Gasteiger partial charge in [0.25, 0.3) is 0 Å². The molecule has 2 aliphatic heterocycles. The largest absolute Gasteiger partial charge is 0.444 e. The van der Waals surface area contributed by atoms with Crippen LogP contribution in [-0.2, 0) is 9.53 Å². The molecule has 2 saturated heterocycles. The summed E-state index contributed by atoms with van der Waals surface area (Å²) in [6.07, 6.45) is 1.22. The van der Waals surface area contributed by atoms with Crippen molar-refractivity contribution in [3.05, 3.63) is 0 Å². The highest BCUT2D eigenvalue weighted by Gasteiger charge is 2.38. The van der Waals surface area contributed by atoms with Crippen molar-refractivity contribution in [3.8, 4) is 0 Å². The lowest BCUT2D eigenvalue weighted by molar-refractivity contribution is -0.137. The molecule has 0 bridgehead atoms. The number of nitrogens with one attached hydrogen (secondary N) is 2. The highest BCUT2D eigenvalue weighted by Crippen LogP contribution is 2.22. The monoisotopic (exact) mass is 297 g/mol. The molecule has 2 N–H and O–H groups in total. The SMILES string of the molecule is CC1CCN(C2CNC[C@@H]2NC(=O)OC(C)(C)C)C(=O)C1. The number of amides is 2. The minimum atomic E-state index is -0.512. The number of hydrogen-bond donors (Lipinski definition) is 2. The molecule has 120 valence electrons. The molecule has 3 atom stereocenters. The normalized spacial score (nSPS) is 30.4. The molecule has 2 unspecified atom stereocenters. The number of nitrogens with zero attached hydrogens (tertiary/aromatic N) is 1. The van der Waals surface area contributed by atoms with E-state index in [2.05, 4.69) is 17.6 Å². The molecule has 0 radical (unpaired) electrons. The fourth-order valence-electron chi connectivity index (χ4n) is 2.95. The molecule has 0 aliphatic carbocycles. The molecule has 6 heteroatoms. The molecule has 2 heterocycles. The average molecular weight is 297 g/mol. The van der Waals surface area contributed by atoms with Crippen LogP contribution in [0, 0.1) is 5.92 Å². The molecule has 0 spiro atoms. The lowest BCUT2D eigenvalue weighted by atomic mass is 9.96. The van der Waals surface area contributed by atoms with Crippen LogP contribution in [0.15, 0.2) is 0 Å². The Kier molecular flexibility index (Phi) is 4.76. The number of carbonyl (C=O) groups excluding carboxylic acids is 2. The van der Waals surface area contributed by atoms with E-state index in [1.165, 1.54) is 0 Å². The summed E-state index contributed by atoms with van der Waals surface area (Å²) in [5, 5.41) is 6.15. The Morgan fingerprint density at radius 3 is 2.71 bits per heavy atom. The van der Waals surface area contributed by atoms with Crippen LogP contribution in [0.5, 0.6) is 0 Å². The van der Waals surface area contributed by atoms with Crippen LogP contribution in [0.25, 0.3) is 0 Å². The third kappa shape index (κ3) is 4.33. The molecule has 21 heavy (non-hydrogen) atoms. The van der Waals surface area contributed by atoms with Crippen LogP contribution >= 0.6 is 0 Å². The number of rotatable bonds is 2. The highest BCUT2D eigenvalue weighted by atomic mass is 16.6. The fraction of sp³-hybridized carbons (Fsp3) is 0.867. The van der Waals surface area contributed by atoms with Crippen LogP contribution in [-0.4, -0.2) is 54.2 Å². The van der Waals surface area contributed by atoms with Gasteiger partial charge in [-0.1, -0.05) is 6.92 Å². The van der Waals surface area contributed by atoms with E-state index in [9.17, 15) is 9.59 Å². The zero-order valence-electron chi connectivity index (χ0n) is 13.4. The maximum atomic E-state index is 12.2. The molecule has 0 aromatic carbocycles. The average Bonchev–Trinajstić information content (AvgIpc) is 2.74. The van der Waals surface area contributed by atoms with Gasteiger partial charge in [-0.3, -0.25) is 4.79 Å². The number of hydrogen-bond acceptors (Lipinski definition) is 4. The van der Waals surface area contributed by atoms with Crippen molar-refractivity contribution in [1.82, 2.24) is 15.5 Å². The Morgan fingerprint density at radius 2 is 2.10 bits per heavy atom. The van der Waals surface area contributed by atoms with E-state index in [-0.39, 0.29) is 18.0 Å². The minimum absolute atomic E-state index is 0.0255. The quantitative estimate of drug-likeness (QED) is 0.801. The fourth-order valence-corrected chi connectivity index (χ4v) is 2.95. The number of carbonyl (C=O) groups is 2. The molecule has 0 saturated carbocycles. The summed E-state index contributed by atoms with van der Waals surface area (Å²) >= 11 is 0. The summed E-state index contributed by atoms with van der Waals surface area (Å²) in [7, 11) is 0. The molecular weight excluding hydrogens is 270 g/mol. The topological polar surface area (TPSA) is 70.7 Å². The first-order valence-corrected chi connectivity index (χ1v) is 7.76. The molecule has 0 aromatic rings. The Hall–Kier alpha value is -1.30. The van der Waals surface area contributed by atoms with E-state index in [4.69, 9.17) is 4.74 Å². The van der Waals surface area contributed by atoms with Gasteiger partial charge in [0.1, 0.15) is 5.60 Å². The Labute approximate surface area is 126 Å². The maximum absolute atomic E-state index is 12.2. The van der Waals surface area contributed by atoms with Gasteiger partial charge >= 0.3 is 6.09 Å². The summed E-state index contributed by atoms with van der Waals surface area (Å²) in [6, 6.07) is -0.0604. The molecule has 2 amide bonds. The second-order valence-corrected chi connectivity index (χ2v) is 7.16. The molecule has 6 nitrogen and oxygen atoms in total. The maximum Gasteiger partial charge on any atom is 0.407 e. The summed E-state index contributed by atoms with van der Waals surface area (Å²) in [6.45, 7) is 9.80. The first-order chi connectivity index (χ1) is 9.76. The van der Waals surface area contributed by atoms with Crippen LogP contribution in [0.1, 0.15) is 40.5 Å². The summed E-state index contributed by atoms with van der Waals surface area (Å²) < 4.78 is 5.30. The van der Waals surface area contributed by atoms with Crippen molar-refractivity contribution in [2.24, 2.45) is 5.92 Å². The van der Waals surface area contributed by atoms with Gasteiger partial charge < -0.3 is 20.3 Å². The van der Waals surface area contributed by atoms with Gasteiger partial charge in [0.05, 0.1) is 12.1 Å². The van der Waals surface area contributed by atoms with Crippen molar-refractivity contribution in [2.75, 3.05) is 19.6 Å². The summed E-state index contributed by atoms with van der Waals surface area (Å²) in [5.41, 5.74) is -0.512. The van der Waals surface area contributed by atoms with Crippen LogP contribution in [0.2, 0.25) is 0 Å². The van der Waals surface area contributed by atoms with Gasteiger partial charge in [0, 0.05) is 26.1 Å². The zero-order valence-corrected chi connectivity index (χ0v) is 13.4. The van der Waals surface area contributed by atoms with Gasteiger partial charge in [0.15, 0.2) is 0 Å². The zero-order chi connectivity index (χ0) is 15.6. The first kappa shape index (κ1) is 16.1. The molecule has 2 aliphatic rings. The van der Waals surface area contributed by atoms with E-state index in [0.29, 0.717) is 18.9 Å². The predicted octanol–water partition coefficient (Wildman–Crippen LogP) is 1.11. The summed E-state index contributed by atoms with van der Waals surface area (Å²) in [4.78, 5) is 26.0. The second-order valence-electron chi connectivity index (χ2n) is 7.16. The van der Waals surface area contributed by atoms with E-state index in [0.717, 1.165) is 19.5 Å². The minimum Gasteiger partial charge on any atom is -0.444 e. The van der Waals surface area contributed by atoms with Crippen molar-refractivity contribution < 1.29 is 14.3 Å². The van der Waals surface area contributed by atoms with Gasteiger partial charge in [-0.15, -0.1) is 0 Å². The summed E-state index contributed by atoms with van der Waals surface area (Å²) in [5.74, 6) is 0.652. The molecule has 2 fully saturated rings. The van der Waals surface area contributed by atoms with Crippen LogP contribution in [0.4, 0.5) is 4.79 Å². The van der Waals surface area contributed by atoms with Gasteiger partial charge in [-0.25, -0.2) is 4.79 Å². The first-order valence-electron chi connectivity index (χ1n) is 7.76. The number of likely N-dealkylation sites (tertiary alicyclic amines) is 1. The van der Waals surface area contributed by atoms with Gasteiger partial charge in [-0.2, -0.15) is 0 Å². The van der Waals surface area contributed by atoms with Crippen molar-refractivity contribution in [2.45, 2.75) is 58.2 Å². The van der Waals surface area contributed by atoms with E-state index in [1.807, 2.05) is 25.7 Å². The van der Waals surface area contributed by atoms with E-state index in [1.54, 1.807) is 0 Å². The third-order valence-electron chi connectivity index (χ3n) is 3.99. The number of alkyl carbamates (subject to hydrolysis) is 1. The number of ether oxygens (including phenoxy) is 1. The van der Waals surface area contributed by atoms with Crippen LogP contribution in [0.3, 0.4) is 0 Å². The van der Waals surface area contributed by atoms with Crippen molar-refractivity contribution in [1.29, 1.82) is 0 Å². The molecule has 0 aromatic heterocycles. The van der Waals surface area contributed by atoms with Crippen molar-refractivity contribution >= 4 is 12.0 Å². The van der Waals surface area contributed by atoms with Gasteiger partial charge in [-0.05, 0) is 33.1 Å². The Bertz CT molecular complexity index is 405. The van der Waals surface area contributed by atoms with Crippen LogP contribution < -0.4 is 10.6 Å². The highest BCUT2D eigenvalue weighted by molar-refractivity contribution is 5.78. The standard InChI is InChI=1S/C15H27N3O3/c1-10-5-6-18(13(19)7-10)12-9-16-8-11(12)17-14(20)21-15(2,3)4/h10-12,16H,5-9H2,1-4H3,(H,17,20)/t10?,11-,12?/m0/s1. The lowest BCUT2D eigenvalue weighted by Crippen LogP contribution is -2.55. The molecular formula is C15H27N3O3. The second kappa shape index (κ2) is 6.22. The third-order valence-corrected chi connectivity index (χ3v) is 3.99. The predicted molar refractivity (Wildman–Crippen MR) is 79.9 cm³/mol. The number of piperidine rings is 1. The van der Waals surface area contributed by atoms with Gasteiger partial charge in [0.2, 0.25) is 5.91 Å². The lowest BCUT2D eigenvalue weighted by Gasteiger charge is -2.37. The smallest absolute Gasteiger partial charge is 0.407 e. The van der Waals surface area contributed by atoms with Crippen molar-refractivity contribution in [3.63, 3.8) is 0 Å². The van der Waals surface area contributed by atoms with E-state index >= 15 is 0 Å². The Balaban J connectivity index is 1.94. The molecule has 2 rings (SSSR count). The van der Waals surface area contributed by atoms with E-state index < -0.39 is 11.7 Å². The Morgan fingerprint density at radius 1 is 1.38 bits per heavy atom.